The van der Waals surface area contributed by atoms with Crippen LogP contribution in [0.15, 0.2) is 35.3 Å². The van der Waals surface area contributed by atoms with Crippen LogP contribution in [-0.4, -0.2) is 28.0 Å². The van der Waals surface area contributed by atoms with Gasteiger partial charge in [0, 0.05) is 12.1 Å². The van der Waals surface area contributed by atoms with Gasteiger partial charge in [-0.3, -0.25) is 4.79 Å². The van der Waals surface area contributed by atoms with Gasteiger partial charge < -0.3 is 9.84 Å². The highest BCUT2D eigenvalue weighted by Crippen LogP contribution is 2.23. The van der Waals surface area contributed by atoms with E-state index in [1.807, 2.05) is 6.92 Å². The summed E-state index contributed by atoms with van der Waals surface area (Å²) in [5.74, 6) is -0.596. The number of methoxy groups -OCH3 is 1. The van der Waals surface area contributed by atoms with E-state index in [1.54, 1.807) is 31.4 Å². The molecule has 1 aromatic carbocycles. The molecule has 0 atom stereocenters. The molecular weight excluding hydrogens is 272 g/mol. The minimum Gasteiger partial charge on any atom is -0.497 e. The maximum absolute atomic E-state index is 12.2. The second-order valence-corrected chi connectivity index (χ2v) is 4.50. The van der Waals surface area contributed by atoms with Crippen molar-refractivity contribution in [1.82, 2.24) is 9.78 Å². The summed E-state index contributed by atoms with van der Waals surface area (Å²) in [5.41, 5.74) is 0.0743. The summed E-state index contributed by atoms with van der Waals surface area (Å²) in [6.07, 6.45) is 2.12. The molecule has 0 aliphatic carbocycles. The molecule has 0 bridgehead atoms. The molecule has 0 amide bonds. The van der Waals surface area contributed by atoms with Crippen molar-refractivity contribution in [3.05, 3.63) is 46.4 Å². The van der Waals surface area contributed by atoms with Crippen molar-refractivity contribution in [1.29, 1.82) is 0 Å². The minimum absolute atomic E-state index is 0.261. The normalized spacial score (nSPS) is 10.4. The molecule has 0 saturated carbocycles. The van der Waals surface area contributed by atoms with Crippen molar-refractivity contribution >= 4 is 5.97 Å². The summed E-state index contributed by atoms with van der Waals surface area (Å²) >= 11 is 0. The van der Waals surface area contributed by atoms with Crippen LogP contribution >= 0.6 is 0 Å². The first-order valence-corrected chi connectivity index (χ1v) is 6.56. The first-order chi connectivity index (χ1) is 10.1. The minimum atomic E-state index is -1.25. The lowest BCUT2D eigenvalue weighted by Gasteiger charge is -2.09. The van der Waals surface area contributed by atoms with Crippen molar-refractivity contribution in [2.45, 2.75) is 19.9 Å². The van der Waals surface area contributed by atoms with E-state index in [0.717, 1.165) is 0 Å². The Morgan fingerprint density at radius 3 is 2.52 bits per heavy atom. The first-order valence-electron chi connectivity index (χ1n) is 6.56. The standard InChI is InChI=1S/C15H16N2O4/c1-3-8-17-14(18)13(15(19)20)12(9-16-17)10-4-6-11(21-2)7-5-10/h4-7,9H,3,8H2,1-2H3,(H,19,20). The molecule has 0 aliphatic rings. The zero-order valence-corrected chi connectivity index (χ0v) is 11.9. The molecule has 0 fully saturated rings. The van der Waals surface area contributed by atoms with Crippen molar-refractivity contribution in [3.8, 4) is 16.9 Å². The zero-order valence-electron chi connectivity index (χ0n) is 11.9. The van der Waals surface area contributed by atoms with E-state index in [0.29, 0.717) is 29.8 Å². The first kappa shape index (κ1) is 14.8. The molecule has 6 heteroatoms. The summed E-state index contributed by atoms with van der Waals surface area (Å²) < 4.78 is 6.24. The summed E-state index contributed by atoms with van der Waals surface area (Å²) in [6.45, 7) is 2.29. The largest absolute Gasteiger partial charge is 0.497 e. The van der Waals surface area contributed by atoms with Gasteiger partial charge in [-0.15, -0.1) is 0 Å². The second-order valence-electron chi connectivity index (χ2n) is 4.50. The lowest BCUT2D eigenvalue weighted by Crippen LogP contribution is -2.29. The zero-order chi connectivity index (χ0) is 15.4. The Bertz CT molecular complexity index is 705. The van der Waals surface area contributed by atoms with Gasteiger partial charge in [0.05, 0.1) is 13.3 Å². The van der Waals surface area contributed by atoms with E-state index in [2.05, 4.69) is 5.10 Å². The van der Waals surface area contributed by atoms with Crippen LogP contribution in [0.4, 0.5) is 0 Å². The van der Waals surface area contributed by atoms with E-state index in [9.17, 15) is 14.7 Å². The molecule has 0 saturated heterocycles. The molecule has 6 nitrogen and oxygen atoms in total. The predicted octanol–water partition coefficient (Wildman–Crippen LogP) is 2.03. The van der Waals surface area contributed by atoms with Gasteiger partial charge in [0.15, 0.2) is 0 Å². The fourth-order valence-electron chi connectivity index (χ4n) is 2.06. The number of benzene rings is 1. The van der Waals surface area contributed by atoms with Gasteiger partial charge in [0.25, 0.3) is 5.56 Å². The number of hydrogen-bond donors (Lipinski definition) is 1. The van der Waals surface area contributed by atoms with Crippen LogP contribution in [0, 0.1) is 0 Å². The predicted molar refractivity (Wildman–Crippen MR) is 77.7 cm³/mol. The van der Waals surface area contributed by atoms with Crippen molar-refractivity contribution in [3.63, 3.8) is 0 Å². The number of hydrogen-bond acceptors (Lipinski definition) is 4. The molecule has 1 N–H and O–H groups in total. The molecule has 0 radical (unpaired) electrons. The Morgan fingerprint density at radius 2 is 2.00 bits per heavy atom. The third kappa shape index (κ3) is 2.94. The number of rotatable bonds is 5. The highest BCUT2D eigenvalue weighted by atomic mass is 16.5. The third-order valence-electron chi connectivity index (χ3n) is 3.09. The molecule has 2 aromatic rings. The van der Waals surface area contributed by atoms with Crippen molar-refractivity contribution in [2.24, 2.45) is 0 Å². The van der Waals surface area contributed by atoms with Crippen LogP contribution in [-0.2, 0) is 6.54 Å². The maximum Gasteiger partial charge on any atom is 0.342 e. The Kier molecular flexibility index (Phi) is 4.37. The molecule has 1 aromatic heterocycles. The summed E-state index contributed by atoms with van der Waals surface area (Å²) in [6, 6.07) is 6.81. The highest BCUT2D eigenvalue weighted by molar-refractivity contribution is 5.95. The van der Waals surface area contributed by atoms with Gasteiger partial charge in [-0.2, -0.15) is 5.10 Å². The van der Waals surface area contributed by atoms with E-state index < -0.39 is 11.5 Å². The number of aromatic nitrogens is 2. The van der Waals surface area contributed by atoms with Crippen LogP contribution in [0.3, 0.4) is 0 Å². The van der Waals surface area contributed by atoms with Gasteiger partial charge in [-0.05, 0) is 24.1 Å². The smallest absolute Gasteiger partial charge is 0.342 e. The molecule has 110 valence electrons. The van der Waals surface area contributed by atoms with E-state index >= 15 is 0 Å². The molecule has 0 spiro atoms. The van der Waals surface area contributed by atoms with Crippen LogP contribution in [0.25, 0.3) is 11.1 Å². The second kappa shape index (κ2) is 6.21. The number of carbonyl (C=O) groups is 1. The fraction of sp³-hybridized carbons (Fsp3) is 0.267. The summed E-state index contributed by atoms with van der Waals surface area (Å²) in [7, 11) is 1.55. The molecule has 0 aliphatic heterocycles. The number of aromatic carboxylic acids is 1. The molecule has 0 unspecified atom stereocenters. The van der Waals surface area contributed by atoms with Crippen molar-refractivity contribution in [2.75, 3.05) is 7.11 Å². The fourth-order valence-corrected chi connectivity index (χ4v) is 2.06. The quantitative estimate of drug-likeness (QED) is 0.910. The molecule has 21 heavy (non-hydrogen) atoms. The topological polar surface area (TPSA) is 81.4 Å². The average molecular weight is 288 g/mol. The Labute approximate surface area is 121 Å². The summed E-state index contributed by atoms with van der Waals surface area (Å²) in [5, 5.41) is 13.4. The monoisotopic (exact) mass is 288 g/mol. The van der Waals surface area contributed by atoms with Crippen LogP contribution in [0.5, 0.6) is 5.75 Å². The third-order valence-corrected chi connectivity index (χ3v) is 3.09. The molecule has 1 heterocycles. The lowest BCUT2D eigenvalue weighted by atomic mass is 10.0. The number of ether oxygens (including phenoxy) is 1. The maximum atomic E-state index is 12.2. The summed E-state index contributed by atoms with van der Waals surface area (Å²) in [4.78, 5) is 23.6. The number of nitrogens with zero attached hydrogens (tertiary/aromatic N) is 2. The number of carboxylic acids is 1. The van der Waals surface area contributed by atoms with Gasteiger partial charge in [0.1, 0.15) is 11.3 Å². The molecular formula is C15H16N2O4. The lowest BCUT2D eigenvalue weighted by molar-refractivity contribution is 0.0694. The number of carboxylic acid groups (broad SMARTS) is 1. The van der Waals surface area contributed by atoms with Crippen LogP contribution in [0.1, 0.15) is 23.7 Å². The highest BCUT2D eigenvalue weighted by Gasteiger charge is 2.19. The van der Waals surface area contributed by atoms with Gasteiger partial charge >= 0.3 is 5.97 Å². The number of aryl methyl sites for hydroxylation is 1. The average Bonchev–Trinajstić information content (AvgIpc) is 2.49. The van der Waals surface area contributed by atoms with Gasteiger partial charge in [-0.25, -0.2) is 9.48 Å². The molecule has 2 rings (SSSR count). The van der Waals surface area contributed by atoms with E-state index in [-0.39, 0.29) is 5.56 Å². The van der Waals surface area contributed by atoms with E-state index in [1.165, 1.54) is 10.9 Å². The Morgan fingerprint density at radius 1 is 1.33 bits per heavy atom. The Hall–Kier alpha value is -2.63. The van der Waals surface area contributed by atoms with E-state index in [4.69, 9.17) is 4.74 Å². The van der Waals surface area contributed by atoms with Gasteiger partial charge in [0.2, 0.25) is 0 Å². The van der Waals surface area contributed by atoms with Gasteiger partial charge in [-0.1, -0.05) is 19.1 Å². The van der Waals surface area contributed by atoms with Crippen LogP contribution in [0.2, 0.25) is 0 Å². The van der Waals surface area contributed by atoms with Crippen molar-refractivity contribution < 1.29 is 14.6 Å². The van der Waals surface area contributed by atoms with Crippen LogP contribution < -0.4 is 10.3 Å². The SMILES string of the molecule is CCCn1ncc(-c2ccc(OC)cc2)c(C(=O)O)c1=O. The Balaban J connectivity index is 2.59.